The SMILES string of the molecule is CC(O)C(N)C(=O)NC(CC(=O)O)C(=O)NC(CC(N)=O)C(=O)O. The van der Waals surface area contributed by atoms with Crippen molar-refractivity contribution in [2.24, 2.45) is 11.5 Å². The first kappa shape index (κ1) is 21.3. The van der Waals surface area contributed by atoms with Crippen molar-refractivity contribution < 1.29 is 39.3 Å². The summed E-state index contributed by atoms with van der Waals surface area (Å²) in [6, 6.07) is -4.77. The number of aliphatic carboxylic acids is 2. The molecule has 3 amide bonds. The van der Waals surface area contributed by atoms with Gasteiger partial charge in [-0.15, -0.1) is 0 Å². The van der Waals surface area contributed by atoms with Crippen molar-refractivity contribution in [1.29, 1.82) is 0 Å². The lowest BCUT2D eigenvalue weighted by Crippen LogP contribution is -2.57. The van der Waals surface area contributed by atoms with Gasteiger partial charge in [0.1, 0.15) is 18.1 Å². The number of primary amides is 1. The Hall–Kier alpha value is -2.73. The molecule has 0 rings (SSSR count). The Morgan fingerprint density at radius 2 is 1.46 bits per heavy atom. The Kier molecular flexibility index (Phi) is 8.35. The van der Waals surface area contributed by atoms with Crippen molar-refractivity contribution in [3.8, 4) is 0 Å². The molecule has 24 heavy (non-hydrogen) atoms. The molecule has 4 atom stereocenters. The molecule has 0 saturated carbocycles. The van der Waals surface area contributed by atoms with E-state index < -0.39 is 66.7 Å². The van der Waals surface area contributed by atoms with Crippen molar-refractivity contribution >= 4 is 29.7 Å². The monoisotopic (exact) mass is 348 g/mol. The Balaban J connectivity index is 5.11. The number of rotatable bonds is 10. The first-order valence-electron chi connectivity index (χ1n) is 6.73. The normalized spacial score (nSPS) is 15.5. The highest BCUT2D eigenvalue weighted by Gasteiger charge is 2.31. The van der Waals surface area contributed by atoms with Gasteiger partial charge in [0.15, 0.2) is 0 Å². The number of carbonyl (C=O) groups is 5. The molecule has 0 bridgehead atoms. The lowest BCUT2D eigenvalue weighted by atomic mass is 10.1. The summed E-state index contributed by atoms with van der Waals surface area (Å²) in [7, 11) is 0. The average Bonchev–Trinajstić information content (AvgIpc) is 2.43. The molecule has 0 radical (unpaired) electrons. The van der Waals surface area contributed by atoms with Gasteiger partial charge in [0.2, 0.25) is 17.7 Å². The molecular weight excluding hydrogens is 328 g/mol. The van der Waals surface area contributed by atoms with Crippen LogP contribution in [0.2, 0.25) is 0 Å². The average molecular weight is 348 g/mol. The maximum atomic E-state index is 12.0. The predicted octanol–water partition coefficient (Wildman–Crippen LogP) is -3.90. The first-order chi connectivity index (χ1) is 11.0. The number of hydrogen-bond donors (Lipinski definition) is 7. The van der Waals surface area contributed by atoms with Gasteiger partial charge in [-0.2, -0.15) is 0 Å². The lowest BCUT2D eigenvalue weighted by molar-refractivity contribution is -0.144. The zero-order valence-corrected chi connectivity index (χ0v) is 12.8. The minimum atomic E-state index is -1.69. The molecule has 0 aliphatic carbocycles. The van der Waals surface area contributed by atoms with Crippen molar-refractivity contribution in [3.05, 3.63) is 0 Å². The molecule has 12 nitrogen and oxygen atoms in total. The van der Waals surface area contributed by atoms with Gasteiger partial charge in [0.25, 0.3) is 0 Å². The molecule has 9 N–H and O–H groups in total. The second-order valence-electron chi connectivity index (χ2n) is 5.00. The number of nitrogens with two attached hydrogens (primary N) is 2. The zero-order valence-electron chi connectivity index (χ0n) is 12.8. The summed E-state index contributed by atoms with van der Waals surface area (Å²) in [4.78, 5) is 56.2. The topological polar surface area (TPSA) is 222 Å². The molecule has 0 aliphatic heterocycles. The Morgan fingerprint density at radius 3 is 1.83 bits per heavy atom. The standard InChI is InChI=1S/C12H20N4O8/c1-4(17)9(14)11(22)15-5(3-8(19)20)10(21)16-6(12(23)24)2-7(13)18/h4-6,9,17H,2-3,14H2,1H3,(H2,13,18)(H,15,22)(H,16,21)(H,19,20)(H,23,24). The van der Waals surface area contributed by atoms with Gasteiger partial charge in [0.05, 0.1) is 18.9 Å². The number of aliphatic hydroxyl groups is 1. The Bertz CT molecular complexity index is 521. The first-order valence-corrected chi connectivity index (χ1v) is 6.73. The van der Waals surface area contributed by atoms with E-state index in [1.807, 2.05) is 10.6 Å². The van der Waals surface area contributed by atoms with Gasteiger partial charge in [-0.05, 0) is 6.92 Å². The fourth-order valence-electron chi connectivity index (χ4n) is 1.54. The van der Waals surface area contributed by atoms with Gasteiger partial charge >= 0.3 is 11.9 Å². The highest BCUT2D eigenvalue weighted by molar-refractivity contribution is 5.95. The molecule has 12 heteroatoms. The van der Waals surface area contributed by atoms with Crippen LogP contribution in [0, 0.1) is 0 Å². The van der Waals surface area contributed by atoms with Gasteiger partial charge in [-0.25, -0.2) is 4.79 Å². The largest absolute Gasteiger partial charge is 0.481 e. The van der Waals surface area contributed by atoms with Crippen molar-refractivity contribution in [3.63, 3.8) is 0 Å². The summed E-state index contributed by atoms with van der Waals surface area (Å²) in [5.41, 5.74) is 10.2. The maximum absolute atomic E-state index is 12.0. The van der Waals surface area contributed by atoms with E-state index in [0.29, 0.717) is 0 Å². The van der Waals surface area contributed by atoms with Crippen LogP contribution in [0.15, 0.2) is 0 Å². The third-order valence-corrected chi connectivity index (χ3v) is 2.85. The number of amides is 3. The summed E-state index contributed by atoms with van der Waals surface area (Å²) >= 11 is 0. The van der Waals surface area contributed by atoms with E-state index in [1.54, 1.807) is 0 Å². The van der Waals surface area contributed by atoms with Crippen LogP contribution in [0.25, 0.3) is 0 Å². The molecule has 0 fully saturated rings. The molecule has 4 unspecified atom stereocenters. The van der Waals surface area contributed by atoms with E-state index in [9.17, 15) is 29.1 Å². The van der Waals surface area contributed by atoms with Crippen LogP contribution in [-0.4, -0.2) is 69.2 Å². The quantitative estimate of drug-likeness (QED) is 0.204. The number of aliphatic hydroxyl groups excluding tert-OH is 1. The molecular formula is C12H20N4O8. The summed E-state index contributed by atoms with van der Waals surface area (Å²) in [5.74, 6) is -6.19. The van der Waals surface area contributed by atoms with E-state index in [1.165, 1.54) is 6.92 Å². The van der Waals surface area contributed by atoms with Gasteiger partial charge in [0, 0.05) is 0 Å². The van der Waals surface area contributed by atoms with Gasteiger partial charge in [-0.1, -0.05) is 0 Å². The van der Waals surface area contributed by atoms with Crippen LogP contribution in [0.5, 0.6) is 0 Å². The van der Waals surface area contributed by atoms with Crippen molar-refractivity contribution in [2.45, 2.75) is 44.0 Å². The summed E-state index contributed by atoms with van der Waals surface area (Å²) in [5, 5.41) is 30.8. The van der Waals surface area contributed by atoms with Crippen LogP contribution in [-0.2, 0) is 24.0 Å². The van der Waals surface area contributed by atoms with Crippen molar-refractivity contribution in [2.75, 3.05) is 0 Å². The smallest absolute Gasteiger partial charge is 0.326 e. The number of nitrogens with one attached hydrogen (secondary N) is 2. The predicted molar refractivity (Wildman–Crippen MR) is 77.2 cm³/mol. The van der Waals surface area contributed by atoms with Crippen LogP contribution < -0.4 is 22.1 Å². The number of hydrogen-bond acceptors (Lipinski definition) is 7. The van der Waals surface area contributed by atoms with E-state index in [-0.39, 0.29) is 0 Å². The fraction of sp³-hybridized carbons (Fsp3) is 0.583. The molecule has 0 aromatic carbocycles. The number of carbonyl (C=O) groups excluding carboxylic acids is 3. The molecule has 0 aliphatic rings. The minimum Gasteiger partial charge on any atom is -0.481 e. The molecule has 0 heterocycles. The number of carboxylic acids is 2. The molecule has 0 aromatic rings. The number of carboxylic acid groups (broad SMARTS) is 2. The van der Waals surface area contributed by atoms with Crippen LogP contribution in [0.3, 0.4) is 0 Å². The summed E-state index contributed by atoms with van der Waals surface area (Å²) < 4.78 is 0. The third-order valence-electron chi connectivity index (χ3n) is 2.85. The molecule has 136 valence electrons. The summed E-state index contributed by atoms with van der Waals surface area (Å²) in [6.45, 7) is 1.21. The second-order valence-corrected chi connectivity index (χ2v) is 5.00. The van der Waals surface area contributed by atoms with Crippen molar-refractivity contribution in [1.82, 2.24) is 10.6 Å². The molecule has 0 aromatic heterocycles. The Morgan fingerprint density at radius 1 is 0.958 bits per heavy atom. The third kappa shape index (κ3) is 7.51. The highest BCUT2D eigenvalue weighted by Crippen LogP contribution is 1.99. The van der Waals surface area contributed by atoms with Gasteiger partial charge < -0.3 is 37.4 Å². The highest BCUT2D eigenvalue weighted by atomic mass is 16.4. The summed E-state index contributed by atoms with van der Waals surface area (Å²) in [6.07, 6.45) is -2.85. The van der Waals surface area contributed by atoms with Crippen LogP contribution in [0.1, 0.15) is 19.8 Å². The maximum Gasteiger partial charge on any atom is 0.326 e. The van der Waals surface area contributed by atoms with E-state index in [2.05, 4.69) is 0 Å². The molecule has 0 saturated heterocycles. The lowest BCUT2D eigenvalue weighted by Gasteiger charge is -2.22. The van der Waals surface area contributed by atoms with Crippen LogP contribution in [0.4, 0.5) is 0 Å². The minimum absolute atomic E-state index is 0.720. The fourth-order valence-corrected chi connectivity index (χ4v) is 1.54. The van der Waals surface area contributed by atoms with E-state index in [4.69, 9.17) is 21.7 Å². The van der Waals surface area contributed by atoms with E-state index in [0.717, 1.165) is 0 Å². The Labute approximate surface area is 136 Å². The van der Waals surface area contributed by atoms with Crippen LogP contribution >= 0.6 is 0 Å². The second kappa shape index (κ2) is 9.42. The molecule has 0 spiro atoms. The zero-order chi connectivity index (χ0) is 19.0. The van der Waals surface area contributed by atoms with Gasteiger partial charge in [-0.3, -0.25) is 19.2 Å². The van der Waals surface area contributed by atoms with E-state index >= 15 is 0 Å².